The minimum absolute atomic E-state index is 0. The zero-order valence-corrected chi connectivity index (χ0v) is 14.0. The van der Waals surface area contributed by atoms with Gasteiger partial charge in [0.1, 0.15) is 0 Å². The molecule has 0 spiro atoms. The number of benzene rings is 1. The van der Waals surface area contributed by atoms with Gasteiger partial charge in [-0.2, -0.15) is 4.31 Å². The Balaban J connectivity index is 0.00000176. The molecule has 122 valence electrons. The van der Waals surface area contributed by atoms with Gasteiger partial charge in [0.25, 0.3) is 5.91 Å². The van der Waals surface area contributed by atoms with Crippen LogP contribution in [-0.2, 0) is 16.4 Å². The van der Waals surface area contributed by atoms with Crippen LogP contribution >= 0.6 is 12.4 Å². The van der Waals surface area contributed by atoms with Gasteiger partial charge >= 0.3 is 0 Å². The molecule has 1 aromatic carbocycles. The molecule has 1 atom stereocenters. The fourth-order valence-corrected chi connectivity index (χ4v) is 4.52. The normalized spacial score (nSPS) is 22.4. The summed E-state index contributed by atoms with van der Waals surface area (Å²) in [5.74, 6) is -0.193. The van der Waals surface area contributed by atoms with Crippen molar-refractivity contribution >= 4 is 28.3 Å². The van der Waals surface area contributed by atoms with Crippen molar-refractivity contribution in [2.24, 2.45) is 0 Å². The lowest BCUT2D eigenvalue weighted by molar-refractivity contribution is 0.0945. The maximum atomic E-state index is 12.8. The lowest BCUT2D eigenvalue weighted by atomic mass is 10.0. The standard InChI is InChI=1S/C14H19N3O3S.ClH/c1-10-9-15-6-7-17(10)21(19,20)12-3-2-11-4-5-16-14(18)13(11)8-12;/h2-3,8,10,15H,4-7,9H2,1H3,(H,16,18);1H. The van der Waals surface area contributed by atoms with Crippen LogP contribution in [0.2, 0.25) is 0 Å². The average Bonchev–Trinajstić information content (AvgIpc) is 2.47. The van der Waals surface area contributed by atoms with Crippen molar-refractivity contribution in [3.05, 3.63) is 29.3 Å². The van der Waals surface area contributed by atoms with Crippen LogP contribution in [0.15, 0.2) is 23.1 Å². The first-order chi connectivity index (χ1) is 10.00. The highest BCUT2D eigenvalue weighted by atomic mass is 35.5. The van der Waals surface area contributed by atoms with E-state index in [2.05, 4.69) is 10.6 Å². The highest BCUT2D eigenvalue weighted by Gasteiger charge is 2.32. The molecule has 0 aromatic heterocycles. The SMILES string of the molecule is CC1CNCCN1S(=O)(=O)c1ccc2c(c1)C(=O)NCC2.Cl. The molecule has 2 aliphatic heterocycles. The smallest absolute Gasteiger partial charge is 0.251 e. The third kappa shape index (κ3) is 2.99. The number of hydrogen-bond acceptors (Lipinski definition) is 4. The van der Waals surface area contributed by atoms with Crippen LogP contribution in [0.4, 0.5) is 0 Å². The van der Waals surface area contributed by atoms with Crippen molar-refractivity contribution in [2.45, 2.75) is 24.3 Å². The van der Waals surface area contributed by atoms with Crippen LogP contribution in [0.1, 0.15) is 22.8 Å². The number of nitrogens with zero attached hydrogens (tertiary/aromatic N) is 1. The Morgan fingerprint density at radius 1 is 1.27 bits per heavy atom. The van der Waals surface area contributed by atoms with Gasteiger partial charge in [0.2, 0.25) is 10.0 Å². The number of halogens is 1. The predicted molar refractivity (Wildman–Crippen MR) is 86.0 cm³/mol. The second-order valence-electron chi connectivity index (χ2n) is 5.49. The topological polar surface area (TPSA) is 78.5 Å². The molecule has 0 aliphatic carbocycles. The van der Waals surface area contributed by atoms with E-state index in [9.17, 15) is 13.2 Å². The molecule has 1 fully saturated rings. The van der Waals surface area contributed by atoms with E-state index in [0.717, 1.165) is 12.0 Å². The Kier molecular flexibility index (Phi) is 5.11. The van der Waals surface area contributed by atoms with Gasteiger partial charge in [-0.25, -0.2) is 8.42 Å². The number of rotatable bonds is 2. The van der Waals surface area contributed by atoms with Crippen LogP contribution in [0.3, 0.4) is 0 Å². The summed E-state index contributed by atoms with van der Waals surface area (Å²) in [6.07, 6.45) is 0.742. The molecule has 22 heavy (non-hydrogen) atoms. The van der Waals surface area contributed by atoms with Crippen molar-refractivity contribution in [1.82, 2.24) is 14.9 Å². The van der Waals surface area contributed by atoms with Crippen LogP contribution in [0.5, 0.6) is 0 Å². The molecule has 0 saturated carbocycles. The Hall–Kier alpha value is -1.15. The van der Waals surface area contributed by atoms with Gasteiger partial charge in [0.05, 0.1) is 4.90 Å². The Morgan fingerprint density at radius 3 is 2.77 bits per heavy atom. The van der Waals surface area contributed by atoms with Gasteiger partial charge in [-0.15, -0.1) is 12.4 Å². The molecule has 1 amide bonds. The van der Waals surface area contributed by atoms with Gasteiger partial charge in [0, 0.05) is 37.8 Å². The van der Waals surface area contributed by atoms with Crippen molar-refractivity contribution in [1.29, 1.82) is 0 Å². The fraction of sp³-hybridized carbons (Fsp3) is 0.500. The Labute approximate surface area is 136 Å². The molecule has 1 aromatic rings. The molecule has 8 heteroatoms. The third-order valence-electron chi connectivity index (χ3n) is 4.05. The second kappa shape index (κ2) is 6.54. The lowest BCUT2D eigenvalue weighted by Gasteiger charge is -2.33. The third-order valence-corrected chi connectivity index (χ3v) is 6.06. The molecule has 1 unspecified atom stereocenters. The number of piperazine rings is 1. The maximum Gasteiger partial charge on any atom is 0.251 e. The predicted octanol–water partition coefficient (Wildman–Crippen LogP) is 0.377. The molecule has 0 radical (unpaired) electrons. The lowest BCUT2D eigenvalue weighted by Crippen LogP contribution is -2.52. The van der Waals surface area contributed by atoms with Gasteiger partial charge in [-0.1, -0.05) is 6.07 Å². The number of amides is 1. The first-order valence-corrected chi connectivity index (χ1v) is 8.58. The van der Waals surface area contributed by atoms with Crippen molar-refractivity contribution in [2.75, 3.05) is 26.2 Å². The van der Waals surface area contributed by atoms with E-state index in [4.69, 9.17) is 0 Å². The summed E-state index contributed by atoms with van der Waals surface area (Å²) >= 11 is 0. The monoisotopic (exact) mass is 345 g/mol. The molecule has 2 heterocycles. The van der Waals surface area contributed by atoms with Gasteiger partial charge < -0.3 is 10.6 Å². The number of nitrogens with one attached hydrogen (secondary N) is 2. The number of fused-ring (bicyclic) bond motifs is 1. The number of carbonyl (C=O) groups is 1. The van der Waals surface area contributed by atoms with Crippen LogP contribution in [0.25, 0.3) is 0 Å². The summed E-state index contributed by atoms with van der Waals surface area (Å²) in [5, 5.41) is 5.92. The number of carbonyl (C=O) groups excluding carboxylic acids is 1. The summed E-state index contributed by atoms with van der Waals surface area (Å²) in [4.78, 5) is 12.1. The van der Waals surface area contributed by atoms with Gasteiger partial charge in [-0.05, 0) is 31.0 Å². The molecular weight excluding hydrogens is 326 g/mol. The van der Waals surface area contributed by atoms with E-state index < -0.39 is 10.0 Å². The molecule has 1 saturated heterocycles. The van der Waals surface area contributed by atoms with E-state index in [-0.39, 0.29) is 29.3 Å². The fourth-order valence-electron chi connectivity index (χ4n) is 2.87. The summed E-state index contributed by atoms with van der Waals surface area (Å²) in [5.41, 5.74) is 1.39. The van der Waals surface area contributed by atoms with Crippen LogP contribution in [0, 0.1) is 0 Å². The Bertz CT molecular complexity index is 678. The molecular formula is C14H20ClN3O3S. The maximum absolute atomic E-state index is 12.8. The zero-order chi connectivity index (χ0) is 15.0. The molecule has 0 bridgehead atoms. The van der Waals surface area contributed by atoms with Crippen molar-refractivity contribution in [3.8, 4) is 0 Å². The summed E-state index contributed by atoms with van der Waals surface area (Å²) in [7, 11) is -3.55. The number of hydrogen-bond donors (Lipinski definition) is 2. The molecule has 2 N–H and O–H groups in total. The van der Waals surface area contributed by atoms with E-state index in [1.807, 2.05) is 6.92 Å². The first kappa shape index (κ1) is 17.2. The highest BCUT2D eigenvalue weighted by Crippen LogP contribution is 2.23. The van der Waals surface area contributed by atoms with Crippen molar-refractivity contribution in [3.63, 3.8) is 0 Å². The first-order valence-electron chi connectivity index (χ1n) is 7.14. The van der Waals surface area contributed by atoms with Crippen molar-refractivity contribution < 1.29 is 13.2 Å². The number of sulfonamides is 1. The quantitative estimate of drug-likeness (QED) is 0.812. The highest BCUT2D eigenvalue weighted by molar-refractivity contribution is 7.89. The summed E-state index contributed by atoms with van der Waals surface area (Å²) < 4.78 is 27.0. The molecule has 6 nitrogen and oxygen atoms in total. The van der Waals surface area contributed by atoms with E-state index in [1.165, 1.54) is 10.4 Å². The van der Waals surface area contributed by atoms with Crippen LogP contribution in [-0.4, -0.2) is 50.9 Å². The average molecular weight is 346 g/mol. The largest absolute Gasteiger partial charge is 0.352 e. The second-order valence-corrected chi connectivity index (χ2v) is 7.38. The Morgan fingerprint density at radius 2 is 2.05 bits per heavy atom. The van der Waals surface area contributed by atoms with Gasteiger partial charge in [0.15, 0.2) is 0 Å². The van der Waals surface area contributed by atoms with E-state index in [0.29, 0.717) is 31.7 Å². The minimum Gasteiger partial charge on any atom is -0.352 e. The summed E-state index contributed by atoms with van der Waals surface area (Å²) in [6.45, 7) is 4.23. The molecule has 3 rings (SSSR count). The van der Waals surface area contributed by atoms with Crippen LogP contribution < -0.4 is 10.6 Å². The summed E-state index contributed by atoms with van der Waals surface area (Å²) in [6, 6.07) is 4.79. The van der Waals surface area contributed by atoms with Gasteiger partial charge in [-0.3, -0.25) is 4.79 Å². The van der Waals surface area contributed by atoms with E-state index in [1.54, 1.807) is 12.1 Å². The zero-order valence-electron chi connectivity index (χ0n) is 12.3. The van der Waals surface area contributed by atoms with E-state index >= 15 is 0 Å². The minimum atomic E-state index is -3.55. The molecule has 2 aliphatic rings.